The lowest BCUT2D eigenvalue weighted by molar-refractivity contribution is -0.384. The van der Waals surface area contributed by atoms with Crippen molar-refractivity contribution in [3.05, 3.63) is 64.0 Å². The van der Waals surface area contributed by atoms with E-state index in [0.717, 1.165) is 18.5 Å². The number of aryl methyl sites for hydroxylation is 1. The first kappa shape index (κ1) is 20.6. The van der Waals surface area contributed by atoms with Crippen molar-refractivity contribution in [2.24, 2.45) is 7.05 Å². The van der Waals surface area contributed by atoms with Gasteiger partial charge in [0.05, 0.1) is 11.5 Å². The molecule has 1 saturated carbocycles. The average molecular weight is 398 g/mol. The molecule has 0 spiro atoms. The Morgan fingerprint density at radius 1 is 1.21 bits per heavy atom. The summed E-state index contributed by atoms with van der Waals surface area (Å²) >= 11 is 0. The van der Waals surface area contributed by atoms with Gasteiger partial charge in [0, 0.05) is 49.2 Å². The molecule has 0 atom stereocenters. The summed E-state index contributed by atoms with van der Waals surface area (Å²) in [6.45, 7) is 2.93. The Morgan fingerprint density at radius 2 is 1.90 bits per heavy atom. The van der Waals surface area contributed by atoms with Crippen LogP contribution >= 0.6 is 0 Å². The number of amides is 2. The van der Waals surface area contributed by atoms with Crippen molar-refractivity contribution in [1.29, 1.82) is 0 Å². The Bertz CT molecular complexity index is 886. The first-order valence-corrected chi connectivity index (χ1v) is 9.84. The number of non-ortho nitro benzene ring substituents is 1. The van der Waals surface area contributed by atoms with Gasteiger partial charge in [0.2, 0.25) is 5.91 Å². The van der Waals surface area contributed by atoms with Gasteiger partial charge in [-0.1, -0.05) is 6.92 Å². The van der Waals surface area contributed by atoms with Crippen LogP contribution in [0.3, 0.4) is 0 Å². The lowest BCUT2D eigenvalue weighted by Crippen LogP contribution is -2.44. The fraction of sp³-hybridized carbons (Fsp3) is 0.429. The Kier molecular flexibility index (Phi) is 6.31. The Hall–Kier alpha value is -3.16. The van der Waals surface area contributed by atoms with Crippen molar-refractivity contribution in [2.45, 2.75) is 38.8 Å². The van der Waals surface area contributed by atoms with E-state index in [1.807, 2.05) is 41.8 Å². The van der Waals surface area contributed by atoms with Crippen LogP contribution in [0.5, 0.6) is 0 Å². The van der Waals surface area contributed by atoms with Gasteiger partial charge in [0.1, 0.15) is 6.54 Å². The zero-order valence-corrected chi connectivity index (χ0v) is 16.8. The summed E-state index contributed by atoms with van der Waals surface area (Å²) in [6, 6.07) is 9.68. The summed E-state index contributed by atoms with van der Waals surface area (Å²) < 4.78 is 1.99. The van der Waals surface area contributed by atoms with E-state index in [0.29, 0.717) is 25.1 Å². The predicted molar refractivity (Wildman–Crippen MR) is 108 cm³/mol. The Balaban J connectivity index is 1.72. The van der Waals surface area contributed by atoms with Gasteiger partial charge in [-0.05, 0) is 43.5 Å². The third-order valence-corrected chi connectivity index (χ3v) is 5.12. The summed E-state index contributed by atoms with van der Waals surface area (Å²) in [4.78, 5) is 39.7. The molecule has 8 heteroatoms. The number of hydrogen-bond donors (Lipinski definition) is 0. The van der Waals surface area contributed by atoms with Crippen molar-refractivity contribution in [3.8, 4) is 0 Å². The molecule has 0 radical (unpaired) electrons. The van der Waals surface area contributed by atoms with Gasteiger partial charge in [0.25, 0.3) is 11.6 Å². The number of carbonyl (C=O) groups excluding carboxylic acids is 2. The number of benzene rings is 1. The lowest BCUT2D eigenvalue weighted by atomic mass is 10.1. The molecule has 1 aromatic heterocycles. The van der Waals surface area contributed by atoms with Crippen LogP contribution in [0.25, 0.3) is 0 Å². The molecule has 29 heavy (non-hydrogen) atoms. The highest BCUT2D eigenvalue weighted by atomic mass is 16.6. The summed E-state index contributed by atoms with van der Waals surface area (Å²) in [6.07, 6.45) is 4.64. The van der Waals surface area contributed by atoms with E-state index in [2.05, 4.69) is 0 Å². The topological polar surface area (TPSA) is 88.7 Å². The molecule has 1 aliphatic carbocycles. The van der Waals surface area contributed by atoms with E-state index in [4.69, 9.17) is 0 Å². The predicted octanol–water partition coefficient (Wildman–Crippen LogP) is 2.98. The first-order chi connectivity index (χ1) is 13.9. The highest BCUT2D eigenvalue weighted by molar-refractivity contribution is 5.96. The van der Waals surface area contributed by atoms with E-state index >= 15 is 0 Å². The van der Waals surface area contributed by atoms with E-state index < -0.39 is 4.92 Å². The van der Waals surface area contributed by atoms with E-state index in [9.17, 15) is 19.7 Å². The molecular formula is C21H26N4O4. The zero-order chi connectivity index (χ0) is 21.0. The van der Waals surface area contributed by atoms with Crippen LogP contribution in [0, 0.1) is 10.1 Å². The molecule has 3 rings (SSSR count). The van der Waals surface area contributed by atoms with Gasteiger partial charge < -0.3 is 14.4 Å². The van der Waals surface area contributed by atoms with E-state index in [1.54, 1.807) is 0 Å². The summed E-state index contributed by atoms with van der Waals surface area (Å²) in [5, 5.41) is 10.8. The van der Waals surface area contributed by atoms with Crippen molar-refractivity contribution in [1.82, 2.24) is 14.4 Å². The van der Waals surface area contributed by atoms with Gasteiger partial charge in [0.15, 0.2) is 0 Å². The van der Waals surface area contributed by atoms with Crippen molar-refractivity contribution in [2.75, 3.05) is 13.1 Å². The van der Waals surface area contributed by atoms with E-state index in [-0.39, 0.29) is 30.1 Å². The number of rotatable bonds is 9. The van der Waals surface area contributed by atoms with Crippen LogP contribution in [-0.4, -0.2) is 50.2 Å². The molecule has 2 aromatic rings. The van der Waals surface area contributed by atoms with Crippen LogP contribution in [0.1, 0.15) is 42.2 Å². The second-order valence-corrected chi connectivity index (χ2v) is 7.39. The normalized spacial score (nSPS) is 13.2. The highest BCUT2D eigenvalue weighted by Crippen LogP contribution is 2.28. The smallest absolute Gasteiger partial charge is 0.269 e. The van der Waals surface area contributed by atoms with Crippen LogP contribution in [0.2, 0.25) is 0 Å². The molecule has 8 nitrogen and oxygen atoms in total. The SMILES string of the molecule is CCCN(CC(=O)N(Cc1cccn1C)C1CC1)C(=O)c1ccc([N+](=O)[O-])cc1. The van der Waals surface area contributed by atoms with Crippen molar-refractivity contribution < 1.29 is 14.5 Å². The third kappa shape index (κ3) is 5.01. The lowest BCUT2D eigenvalue weighted by Gasteiger charge is -2.28. The summed E-state index contributed by atoms with van der Waals surface area (Å²) in [5.74, 6) is -0.359. The van der Waals surface area contributed by atoms with E-state index in [1.165, 1.54) is 29.2 Å². The maximum absolute atomic E-state index is 13.1. The first-order valence-electron chi connectivity index (χ1n) is 9.84. The fourth-order valence-electron chi connectivity index (χ4n) is 3.33. The van der Waals surface area contributed by atoms with Gasteiger partial charge in [-0.15, -0.1) is 0 Å². The Morgan fingerprint density at radius 3 is 2.41 bits per heavy atom. The molecule has 2 amide bonds. The monoisotopic (exact) mass is 398 g/mol. The van der Waals surface area contributed by atoms with Gasteiger partial charge in [-0.2, -0.15) is 0 Å². The molecule has 0 saturated heterocycles. The fourth-order valence-corrected chi connectivity index (χ4v) is 3.33. The number of hydrogen-bond acceptors (Lipinski definition) is 4. The molecule has 1 fully saturated rings. The minimum absolute atomic E-state index is 0.00455. The minimum Gasteiger partial charge on any atom is -0.353 e. The van der Waals surface area contributed by atoms with Crippen LogP contribution in [0.15, 0.2) is 42.6 Å². The molecule has 1 heterocycles. The van der Waals surface area contributed by atoms with Gasteiger partial charge in [-0.25, -0.2) is 0 Å². The average Bonchev–Trinajstić information content (AvgIpc) is 3.47. The largest absolute Gasteiger partial charge is 0.353 e. The second kappa shape index (κ2) is 8.89. The quantitative estimate of drug-likeness (QED) is 0.480. The molecule has 0 N–H and O–H groups in total. The summed E-state index contributed by atoms with van der Waals surface area (Å²) in [5.41, 5.74) is 1.33. The van der Waals surface area contributed by atoms with Crippen LogP contribution in [0.4, 0.5) is 5.69 Å². The summed E-state index contributed by atoms with van der Waals surface area (Å²) in [7, 11) is 1.95. The number of nitro benzene ring substituents is 1. The zero-order valence-electron chi connectivity index (χ0n) is 16.8. The maximum Gasteiger partial charge on any atom is 0.269 e. The molecule has 1 aliphatic rings. The Labute approximate surface area is 169 Å². The van der Waals surface area contributed by atoms with Gasteiger partial charge >= 0.3 is 0 Å². The number of aromatic nitrogens is 1. The molecule has 0 bridgehead atoms. The molecule has 1 aromatic carbocycles. The third-order valence-electron chi connectivity index (χ3n) is 5.12. The van der Waals surface area contributed by atoms with Crippen molar-refractivity contribution >= 4 is 17.5 Å². The number of nitrogens with zero attached hydrogens (tertiary/aromatic N) is 4. The van der Waals surface area contributed by atoms with Crippen molar-refractivity contribution in [3.63, 3.8) is 0 Å². The molecular weight excluding hydrogens is 372 g/mol. The molecule has 0 unspecified atom stereocenters. The second-order valence-electron chi connectivity index (χ2n) is 7.39. The van der Waals surface area contributed by atoms with Crippen LogP contribution in [-0.2, 0) is 18.4 Å². The standard InChI is InChI=1S/C21H26N4O4/c1-3-12-23(21(27)16-6-8-18(9-7-16)25(28)29)15-20(26)24(17-10-11-17)14-19-5-4-13-22(19)2/h4-9,13,17H,3,10-12,14-15H2,1-2H3. The van der Waals surface area contributed by atoms with Crippen LogP contribution < -0.4 is 0 Å². The number of nitro groups is 1. The minimum atomic E-state index is -0.501. The highest BCUT2D eigenvalue weighted by Gasteiger charge is 2.34. The maximum atomic E-state index is 13.1. The molecule has 154 valence electrons. The molecule has 0 aliphatic heterocycles. The van der Waals surface area contributed by atoms with Gasteiger partial charge in [-0.3, -0.25) is 19.7 Å². The number of carbonyl (C=O) groups is 2.